The zero-order valence-electron chi connectivity index (χ0n) is 7.18. The molecule has 0 aromatic rings. The van der Waals surface area contributed by atoms with Crippen LogP contribution in [0.1, 0.15) is 20.8 Å². The lowest BCUT2D eigenvalue weighted by atomic mass is 10.3. The predicted octanol–water partition coefficient (Wildman–Crippen LogP) is 1.96. The number of hydrogen-bond acceptors (Lipinski definition) is 2. The number of ether oxygens (including phenoxy) is 2. The molecule has 0 amide bonds. The molecule has 0 aliphatic carbocycles. The highest BCUT2D eigenvalue weighted by Gasteiger charge is 1.94. The third kappa shape index (κ3) is 4.39. The molecule has 0 spiro atoms. The van der Waals surface area contributed by atoms with Crippen molar-refractivity contribution >= 4 is 0 Å². The molecule has 2 heteroatoms. The molecule has 0 rings (SSSR count). The van der Waals surface area contributed by atoms with Gasteiger partial charge in [0.05, 0.1) is 18.5 Å². The molecule has 0 aliphatic rings. The first-order valence-corrected chi connectivity index (χ1v) is 3.54. The Morgan fingerprint density at radius 3 is 2.60 bits per heavy atom. The summed E-state index contributed by atoms with van der Waals surface area (Å²) in [5.41, 5.74) is 0. The molecule has 0 aromatic heterocycles. The highest BCUT2D eigenvalue weighted by Crippen LogP contribution is 1.99. The molecule has 2 nitrogen and oxygen atoms in total. The van der Waals surface area contributed by atoms with E-state index < -0.39 is 0 Å². The zero-order valence-corrected chi connectivity index (χ0v) is 7.18. The van der Waals surface area contributed by atoms with Crippen LogP contribution in [0.5, 0.6) is 0 Å². The van der Waals surface area contributed by atoms with E-state index in [-0.39, 0.29) is 6.10 Å². The summed E-state index contributed by atoms with van der Waals surface area (Å²) in [4.78, 5) is 0. The van der Waals surface area contributed by atoms with Gasteiger partial charge >= 0.3 is 0 Å². The number of hydrogen-bond donors (Lipinski definition) is 0. The Hall–Kier alpha value is -0.500. The van der Waals surface area contributed by atoms with Crippen molar-refractivity contribution in [2.45, 2.75) is 26.9 Å². The molecule has 10 heavy (non-hydrogen) atoms. The third-order valence-corrected chi connectivity index (χ3v) is 1.21. The fourth-order valence-electron chi connectivity index (χ4n) is 0.674. The summed E-state index contributed by atoms with van der Waals surface area (Å²) in [5.74, 6) is 0.928. The van der Waals surface area contributed by atoms with Gasteiger partial charge in [-0.1, -0.05) is 0 Å². The third-order valence-electron chi connectivity index (χ3n) is 1.21. The molecule has 0 fully saturated rings. The van der Waals surface area contributed by atoms with Crippen molar-refractivity contribution < 1.29 is 9.47 Å². The first kappa shape index (κ1) is 9.50. The lowest BCUT2D eigenvalue weighted by Crippen LogP contribution is -2.01. The van der Waals surface area contributed by atoms with Crippen molar-refractivity contribution in [2.75, 3.05) is 13.7 Å². The van der Waals surface area contributed by atoms with Gasteiger partial charge in [-0.3, -0.25) is 0 Å². The summed E-state index contributed by atoms with van der Waals surface area (Å²) in [6, 6.07) is 0. The van der Waals surface area contributed by atoms with Gasteiger partial charge in [-0.15, -0.1) is 0 Å². The first-order valence-electron chi connectivity index (χ1n) is 3.54. The van der Waals surface area contributed by atoms with Crippen LogP contribution in [0, 0.1) is 0 Å². The SMILES string of the molecule is CCOC(C)=CC(C)OC. The molecular weight excluding hydrogens is 128 g/mol. The highest BCUT2D eigenvalue weighted by atomic mass is 16.5. The maximum Gasteiger partial charge on any atom is 0.0914 e. The zero-order chi connectivity index (χ0) is 7.98. The molecule has 0 bridgehead atoms. The molecule has 0 aromatic carbocycles. The van der Waals surface area contributed by atoms with Crippen LogP contribution in [0.2, 0.25) is 0 Å². The van der Waals surface area contributed by atoms with Crippen molar-refractivity contribution in [3.63, 3.8) is 0 Å². The number of rotatable bonds is 4. The van der Waals surface area contributed by atoms with Gasteiger partial charge in [0, 0.05) is 7.11 Å². The van der Waals surface area contributed by atoms with Crippen LogP contribution in [0.4, 0.5) is 0 Å². The second-order valence-corrected chi connectivity index (χ2v) is 2.15. The first-order chi connectivity index (χ1) is 4.70. The van der Waals surface area contributed by atoms with E-state index in [2.05, 4.69) is 0 Å². The van der Waals surface area contributed by atoms with Crippen LogP contribution < -0.4 is 0 Å². The van der Waals surface area contributed by atoms with Crippen LogP contribution in [-0.4, -0.2) is 19.8 Å². The Morgan fingerprint density at radius 1 is 1.60 bits per heavy atom. The standard InChI is InChI=1S/C8H16O2/c1-5-10-8(3)6-7(2)9-4/h6-7H,5H2,1-4H3. The van der Waals surface area contributed by atoms with E-state index in [1.807, 2.05) is 26.8 Å². The Balaban J connectivity index is 3.65. The molecule has 0 aliphatic heterocycles. The molecule has 1 atom stereocenters. The van der Waals surface area contributed by atoms with Crippen molar-refractivity contribution in [3.05, 3.63) is 11.8 Å². The average Bonchev–Trinajstić information content (AvgIpc) is 1.88. The highest BCUT2D eigenvalue weighted by molar-refractivity contribution is 4.92. The lowest BCUT2D eigenvalue weighted by Gasteiger charge is -2.06. The van der Waals surface area contributed by atoms with Crippen molar-refractivity contribution in [3.8, 4) is 0 Å². The van der Waals surface area contributed by atoms with Gasteiger partial charge in [0.25, 0.3) is 0 Å². The summed E-state index contributed by atoms with van der Waals surface area (Å²) in [6.45, 7) is 6.59. The van der Waals surface area contributed by atoms with E-state index in [0.29, 0.717) is 0 Å². The van der Waals surface area contributed by atoms with E-state index in [0.717, 1.165) is 12.4 Å². The fraction of sp³-hybridized carbons (Fsp3) is 0.750. The van der Waals surface area contributed by atoms with Crippen LogP contribution >= 0.6 is 0 Å². The summed E-state index contributed by atoms with van der Waals surface area (Å²) < 4.78 is 10.2. The van der Waals surface area contributed by atoms with Gasteiger partial charge in [0.1, 0.15) is 0 Å². The van der Waals surface area contributed by atoms with E-state index in [1.165, 1.54) is 0 Å². The molecule has 1 unspecified atom stereocenters. The van der Waals surface area contributed by atoms with Gasteiger partial charge in [-0.25, -0.2) is 0 Å². The van der Waals surface area contributed by atoms with Crippen molar-refractivity contribution in [2.24, 2.45) is 0 Å². The quantitative estimate of drug-likeness (QED) is 0.561. The van der Waals surface area contributed by atoms with Crippen molar-refractivity contribution in [1.82, 2.24) is 0 Å². The molecular formula is C8H16O2. The molecule has 0 heterocycles. The van der Waals surface area contributed by atoms with E-state index in [4.69, 9.17) is 9.47 Å². The number of allylic oxidation sites excluding steroid dienone is 1. The minimum Gasteiger partial charge on any atom is -0.499 e. The second-order valence-electron chi connectivity index (χ2n) is 2.15. The number of methoxy groups -OCH3 is 1. The smallest absolute Gasteiger partial charge is 0.0914 e. The van der Waals surface area contributed by atoms with Gasteiger partial charge in [0.2, 0.25) is 0 Å². The Labute approximate surface area is 62.8 Å². The van der Waals surface area contributed by atoms with Gasteiger partial charge < -0.3 is 9.47 Å². The Bertz CT molecular complexity index is 108. The summed E-state index contributed by atoms with van der Waals surface area (Å²) in [5, 5.41) is 0. The van der Waals surface area contributed by atoms with Crippen LogP contribution in [-0.2, 0) is 9.47 Å². The van der Waals surface area contributed by atoms with E-state index in [1.54, 1.807) is 7.11 Å². The average molecular weight is 144 g/mol. The maximum atomic E-state index is 5.20. The van der Waals surface area contributed by atoms with Crippen LogP contribution in [0.15, 0.2) is 11.8 Å². The molecule has 60 valence electrons. The van der Waals surface area contributed by atoms with E-state index >= 15 is 0 Å². The maximum absolute atomic E-state index is 5.20. The predicted molar refractivity (Wildman–Crippen MR) is 41.9 cm³/mol. The monoisotopic (exact) mass is 144 g/mol. The van der Waals surface area contributed by atoms with Gasteiger partial charge in [0.15, 0.2) is 0 Å². The van der Waals surface area contributed by atoms with E-state index in [9.17, 15) is 0 Å². The largest absolute Gasteiger partial charge is 0.499 e. The summed E-state index contributed by atoms with van der Waals surface area (Å²) in [7, 11) is 1.68. The molecule has 0 saturated carbocycles. The second kappa shape index (κ2) is 5.30. The minimum atomic E-state index is 0.145. The van der Waals surface area contributed by atoms with Crippen LogP contribution in [0.3, 0.4) is 0 Å². The molecule has 0 radical (unpaired) electrons. The fourth-order valence-corrected chi connectivity index (χ4v) is 0.674. The van der Waals surface area contributed by atoms with Crippen molar-refractivity contribution in [1.29, 1.82) is 0 Å². The van der Waals surface area contributed by atoms with Crippen LogP contribution in [0.25, 0.3) is 0 Å². The minimum absolute atomic E-state index is 0.145. The lowest BCUT2D eigenvalue weighted by molar-refractivity contribution is 0.147. The topological polar surface area (TPSA) is 18.5 Å². The Kier molecular flexibility index (Phi) is 5.03. The molecule has 0 N–H and O–H groups in total. The summed E-state index contributed by atoms with van der Waals surface area (Å²) in [6.07, 6.45) is 2.09. The molecule has 0 saturated heterocycles. The normalized spacial score (nSPS) is 15.0. The Morgan fingerprint density at radius 2 is 2.20 bits per heavy atom. The van der Waals surface area contributed by atoms with Gasteiger partial charge in [-0.05, 0) is 26.8 Å². The summed E-state index contributed by atoms with van der Waals surface area (Å²) >= 11 is 0. The van der Waals surface area contributed by atoms with Gasteiger partial charge in [-0.2, -0.15) is 0 Å².